The largest absolute Gasteiger partial charge is 1.00 e. The van der Waals surface area contributed by atoms with Crippen molar-refractivity contribution >= 4 is 0 Å². The fourth-order valence-electron chi connectivity index (χ4n) is 4.28. The van der Waals surface area contributed by atoms with E-state index in [0.29, 0.717) is 3.63 Å². The Bertz CT molecular complexity index is 842. The normalized spacial score (nSPS) is 16.3. The van der Waals surface area contributed by atoms with Crippen LogP contribution in [0.15, 0.2) is 64.0 Å². The van der Waals surface area contributed by atoms with Crippen LogP contribution in [0.25, 0.3) is 11.1 Å². The van der Waals surface area contributed by atoms with Gasteiger partial charge in [0, 0.05) is 0 Å². The number of ether oxygens (including phenoxy) is 1. The number of hydrogen-bond donors (Lipinski definition) is 0. The van der Waals surface area contributed by atoms with E-state index in [1.165, 1.54) is 28.7 Å². The van der Waals surface area contributed by atoms with Crippen LogP contribution < -0.4 is 29.6 Å². The Balaban J connectivity index is 0.00000121. The summed E-state index contributed by atoms with van der Waals surface area (Å²) in [6.45, 7) is 4.88. The number of halogens is 2. The van der Waals surface area contributed by atoms with Crippen molar-refractivity contribution < 1.29 is 51.3 Å². The minimum absolute atomic E-state index is 0. The van der Waals surface area contributed by atoms with E-state index in [1.807, 2.05) is 0 Å². The summed E-state index contributed by atoms with van der Waals surface area (Å²) in [4.78, 5) is 0. The first-order valence-electron chi connectivity index (χ1n) is 8.71. The van der Waals surface area contributed by atoms with Crippen molar-refractivity contribution in [2.24, 2.45) is 0 Å². The zero-order chi connectivity index (χ0) is 16.7. The van der Waals surface area contributed by atoms with Crippen LogP contribution in [0, 0.1) is 0 Å². The maximum Gasteiger partial charge on any atom is -1.00 e. The molecule has 1 nitrogen and oxygen atoms in total. The predicted molar refractivity (Wildman–Crippen MR) is 97.2 cm³/mol. The van der Waals surface area contributed by atoms with Gasteiger partial charge in [0.15, 0.2) is 0 Å². The van der Waals surface area contributed by atoms with Crippen molar-refractivity contribution in [1.29, 1.82) is 0 Å². The third-order valence-electron chi connectivity index (χ3n) is 5.21. The van der Waals surface area contributed by atoms with Gasteiger partial charge in [-0.05, 0) is 0 Å². The molecule has 0 heterocycles. The van der Waals surface area contributed by atoms with Crippen LogP contribution in [0.1, 0.15) is 35.0 Å². The van der Waals surface area contributed by atoms with Gasteiger partial charge in [0.1, 0.15) is 0 Å². The van der Waals surface area contributed by atoms with Crippen LogP contribution >= 0.6 is 0 Å². The second-order valence-electron chi connectivity index (χ2n) is 6.88. The fraction of sp³-hybridized carbons (Fsp3) is 0.273. The van der Waals surface area contributed by atoms with E-state index in [9.17, 15) is 0 Å². The topological polar surface area (TPSA) is 9.23 Å². The van der Waals surface area contributed by atoms with Gasteiger partial charge in [-0.2, -0.15) is 0 Å². The summed E-state index contributed by atoms with van der Waals surface area (Å²) in [5.74, 6) is 1.02. The summed E-state index contributed by atoms with van der Waals surface area (Å²) in [5, 5.41) is 0. The molecule has 2 aliphatic carbocycles. The van der Waals surface area contributed by atoms with Crippen LogP contribution in [0.5, 0.6) is 5.75 Å². The summed E-state index contributed by atoms with van der Waals surface area (Å²) < 4.78 is 8.87. The van der Waals surface area contributed by atoms with Crippen molar-refractivity contribution in [3.05, 3.63) is 75.1 Å². The molecule has 2 aliphatic rings. The molecule has 0 fully saturated rings. The molecule has 0 saturated carbocycles. The van der Waals surface area contributed by atoms with Crippen molar-refractivity contribution in [2.45, 2.75) is 27.5 Å². The molecule has 0 aromatic heterocycles. The van der Waals surface area contributed by atoms with Gasteiger partial charge in [-0.15, -0.1) is 0 Å². The van der Waals surface area contributed by atoms with Gasteiger partial charge < -0.3 is 24.8 Å². The van der Waals surface area contributed by atoms with Crippen molar-refractivity contribution in [3.8, 4) is 16.9 Å². The third kappa shape index (κ3) is 3.49. The van der Waals surface area contributed by atoms with Gasteiger partial charge in [-0.25, -0.2) is 0 Å². The van der Waals surface area contributed by atoms with E-state index in [2.05, 4.69) is 74.5 Å². The van der Waals surface area contributed by atoms with Gasteiger partial charge in [-0.3, -0.25) is 0 Å². The molecule has 0 aliphatic heterocycles. The van der Waals surface area contributed by atoms with Gasteiger partial charge in [-0.1, -0.05) is 0 Å². The minimum atomic E-state index is -1.88. The maximum absolute atomic E-state index is 5.72. The molecule has 0 radical (unpaired) electrons. The summed E-state index contributed by atoms with van der Waals surface area (Å²) in [6.07, 6.45) is 8.16. The Morgan fingerprint density at radius 2 is 1.73 bits per heavy atom. The number of hydrogen-bond acceptors (Lipinski definition) is 1. The average Bonchev–Trinajstić information content (AvgIpc) is 3.22. The Hall–Kier alpha value is -0.817. The third-order valence-corrected chi connectivity index (χ3v) is 14.1. The number of benzene rings is 2. The average molecular weight is 466 g/mol. The van der Waals surface area contributed by atoms with Crippen LogP contribution in [0.3, 0.4) is 0 Å². The van der Waals surface area contributed by atoms with E-state index in [1.54, 1.807) is 10.4 Å². The zero-order valence-corrected chi connectivity index (χ0v) is 19.3. The molecule has 0 spiro atoms. The Morgan fingerprint density at radius 3 is 2.38 bits per heavy atom. The second kappa shape index (κ2) is 8.91. The first-order valence-corrected chi connectivity index (χ1v) is 12.8. The number of fused-ring (bicyclic) bond motifs is 3. The molecule has 4 heteroatoms. The first-order chi connectivity index (χ1) is 11.7. The standard InChI is InChI=1S/C14H11O.C5H5.C3H7.2ClH.Zr/c1-15-13-8-4-6-11-9-10-5-2-3-7-12(10)14(11)13;1-2-4-5-3-1;1-3-2;;;/h2-9H,1H3;1-3H,4H2;3H,1-2H3;2*1H;/q;;;;;+2/p-2. The van der Waals surface area contributed by atoms with Crippen molar-refractivity contribution in [1.82, 2.24) is 0 Å². The quantitative estimate of drug-likeness (QED) is 0.621. The molecule has 2 aromatic carbocycles. The van der Waals surface area contributed by atoms with Crippen LogP contribution in [0.2, 0.25) is 3.63 Å². The summed E-state index contributed by atoms with van der Waals surface area (Å²) in [5.41, 5.74) is 5.77. The van der Waals surface area contributed by atoms with Gasteiger partial charge in [0.05, 0.1) is 0 Å². The Labute approximate surface area is 177 Å². The zero-order valence-electron chi connectivity index (χ0n) is 15.3. The predicted octanol–water partition coefficient (Wildman–Crippen LogP) is 0.0633. The number of rotatable bonds is 4. The molecule has 4 rings (SSSR count). The first kappa shape index (κ1) is 21.5. The van der Waals surface area contributed by atoms with E-state index in [4.69, 9.17) is 4.74 Å². The minimum Gasteiger partial charge on any atom is -1.00 e. The van der Waals surface area contributed by atoms with Gasteiger partial charge in [0.2, 0.25) is 0 Å². The van der Waals surface area contributed by atoms with E-state index >= 15 is 0 Å². The maximum atomic E-state index is 5.72. The Morgan fingerprint density at radius 1 is 1.00 bits per heavy atom. The van der Waals surface area contributed by atoms with Crippen LogP contribution in [0.4, 0.5) is 0 Å². The summed E-state index contributed by atoms with van der Waals surface area (Å²) in [7, 11) is 1.79. The molecule has 0 bridgehead atoms. The molecule has 1 unspecified atom stereocenters. The SMILES string of the molecule is COc1cccc2c1-c1ccccc1[CH]2[Zr+2]([C]1=CC=CC1)[CH](C)C.[Cl-].[Cl-]. The molecule has 1 atom stereocenters. The molecule has 0 saturated heterocycles. The smallest absolute Gasteiger partial charge is 1.00 e. The van der Waals surface area contributed by atoms with Crippen LogP contribution in [-0.4, -0.2) is 7.11 Å². The van der Waals surface area contributed by atoms with E-state index in [-0.39, 0.29) is 24.8 Å². The van der Waals surface area contributed by atoms with Gasteiger partial charge in [0.25, 0.3) is 0 Å². The van der Waals surface area contributed by atoms with E-state index in [0.717, 1.165) is 9.38 Å². The molecular weight excluding hydrogens is 442 g/mol. The molecule has 135 valence electrons. The fourth-order valence-corrected chi connectivity index (χ4v) is 13.1. The molecular formula is C22H23Cl2OZr. The van der Waals surface area contributed by atoms with Crippen LogP contribution in [-0.2, 0) is 21.8 Å². The molecule has 0 amide bonds. The molecule has 0 N–H and O–H groups in total. The summed E-state index contributed by atoms with van der Waals surface area (Å²) in [6, 6.07) is 15.6. The van der Waals surface area contributed by atoms with Crippen molar-refractivity contribution in [2.75, 3.05) is 7.11 Å². The number of methoxy groups -OCH3 is 1. The van der Waals surface area contributed by atoms with Gasteiger partial charge >= 0.3 is 153 Å². The second-order valence-corrected chi connectivity index (χ2v) is 15.0. The Kier molecular flexibility index (Phi) is 7.37. The van der Waals surface area contributed by atoms with E-state index < -0.39 is 21.8 Å². The molecule has 2 aromatic rings. The molecule has 26 heavy (non-hydrogen) atoms. The number of allylic oxidation sites excluding steroid dienone is 4. The monoisotopic (exact) mass is 463 g/mol. The summed E-state index contributed by atoms with van der Waals surface area (Å²) >= 11 is -1.88. The van der Waals surface area contributed by atoms with Crippen molar-refractivity contribution in [3.63, 3.8) is 0 Å².